The molecule has 0 unspecified atom stereocenters. The van der Waals surface area contributed by atoms with Crippen LogP contribution in [0.3, 0.4) is 0 Å². The molecule has 0 amide bonds. The predicted octanol–water partition coefficient (Wildman–Crippen LogP) is 5.66. The quantitative estimate of drug-likeness (QED) is 0.661. The van der Waals surface area contributed by atoms with Crippen LogP contribution >= 0.6 is 34.5 Å². The fourth-order valence-electron chi connectivity index (χ4n) is 1.81. The van der Waals surface area contributed by atoms with E-state index in [0.29, 0.717) is 0 Å². The Kier molecular flexibility index (Phi) is 3.35. The Hall–Kier alpha value is -1.29. The molecule has 0 bridgehead atoms. The van der Waals surface area contributed by atoms with E-state index in [4.69, 9.17) is 23.2 Å². The van der Waals surface area contributed by atoms with Crippen LogP contribution in [0.5, 0.6) is 0 Å². The Labute approximate surface area is 125 Å². The minimum Gasteiger partial charge on any atom is -0.331 e. The SMILES string of the molecule is Cc1c(Cl)cccc1Nc1nc2ccc(Cl)cc2s1. The van der Waals surface area contributed by atoms with E-state index < -0.39 is 0 Å². The van der Waals surface area contributed by atoms with E-state index in [9.17, 15) is 0 Å². The standard InChI is InChI=1S/C14H10Cl2N2S/c1-8-10(16)3-2-4-11(8)17-14-18-12-6-5-9(15)7-13(12)19-14/h2-7H,1H3,(H,17,18). The van der Waals surface area contributed by atoms with Gasteiger partial charge in [0.1, 0.15) is 0 Å². The molecule has 0 radical (unpaired) electrons. The van der Waals surface area contributed by atoms with E-state index in [1.165, 1.54) is 0 Å². The lowest BCUT2D eigenvalue weighted by Crippen LogP contribution is -1.92. The number of hydrogen-bond donors (Lipinski definition) is 1. The number of halogens is 2. The number of aromatic nitrogens is 1. The van der Waals surface area contributed by atoms with Gasteiger partial charge in [-0.1, -0.05) is 40.6 Å². The fourth-order valence-corrected chi connectivity index (χ4v) is 3.14. The summed E-state index contributed by atoms with van der Waals surface area (Å²) in [7, 11) is 0. The summed E-state index contributed by atoms with van der Waals surface area (Å²) >= 11 is 13.7. The van der Waals surface area contributed by atoms with Crippen LogP contribution in [0.25, 0.3) is 10.2 Å². The largest absolute Gasteiger partial charge is 0.331 e. The maximum atomic E-state index is 6.11. The smallest absolute Gasteiger partial charge is 0.188 e. The van der Waals surface area contributed by atoms with Crippen LogP contribution in [0, 0.1) is 6.92 Å². The zero-order chi connectivity index (χ0) is 13.4. The van der Waals surface area contributed by atoms with Gasteiger partial charge in [-0.15, -0.1) is 0 Å². The van der Waals surface area contributed by atoms with Crippen LogP contribution < -0.4 is 5.32 Å². The van der Waals surface area contributed by atoms with E-state index in [2.05, 4.69) is 10.3 Å². The summed E-state index contributed by atoms with van der Waals surface area (Å²) in [6.07, 6.45) is 0. The molecule has 19 heavy (non-hydrogen) atoms. The van der Waals surface area contributed by atoms with Crippen LogP contribution in [-0.4, -0.2) is 4.98 Å². The zero-order valence-corrected chi connectivity index (χ0v) is 12.4. The van der Waals surface area contributed by atoms with Crippen LogP contribution in [0.2, 0.25) is 10.0 Å². The summed E-state index contributed by atoms with van der Waals surface area (Å²) < 4.78 is 1.06. The Morgan fingerprint density at radius 3 is 2.84 bits per heavy atom. The second kappa shape index (κ2) is 5.00. The van der Waals surface area contributed by atoms with Gasteiger partial charge in [0.25, 0.3) is 0 Å². The zero-order valence-electron chi connectivity index (χ0n) is 10.1. The van der Waals surface area contributed by atoms with Gasteiger partial charge >= 0.3 is 0 Å². The molecule has 0 saturated carbocycles. The van der Waals surface area contributed by atoms with E-state index in [0.717, 1.165) is 36.6 Å². The Morgan fingerprint density at radius 1 is 1.16 bits per heavy atom. The van der Waals surface area contributed by atoms with E-state index in [-0.39, 0.29) is 0 Å². The molecule has 0 saturated heterocycles. The molecule has 2 aromatic carbocycles. The van der Waals surface area contributed by atoms with E-state index in [1.54, 1.807) is 11.3 Å². The van der Waals surface area contributed by atoms with Gasteiger partial charge in [-0.05, 0) is 42.8 Å². The number of thiazole rings is 1. The second-order valence-electron chi connectivity index (χ2n) is 4.17. The number of benzene rings is 2. The summed E-state index contributed by atoms with van der Waals surface area (Å²) in [5.74, 6) is 0. The molecule has 0 spiro atoms. The van der Waals surface area contributed by atoms with Crippen molar-refractivity contribution in [2.24, 2.45) is 0 Å². The topological polar surface area (TPSA) is 24.9 Å². The maximum absolute atomic E-state index is 6.11. The van der Waals surface area contributed by atoms with Crippen molar-refractivity contribution < 1.29 is 0 Å². The second-order valence-corrected chi connectivity index (χ2v) is 6.04. The van der Waals surface area contributed by atoms with Gasteiger partial charge < -0.3 is 5.32 Å². The van der Waals surface area contributed by atoms with Crippen molar-refractivity contribution in [1.82, 2.24) is 4.98 Å². The van der Waals surface area contributed by atoms with Crippen LogP contribution in [0.4, 0.5) is 10.8 Å². The highest BCUT2D eigenvalue weighted by atomic mass is 35.5. The van der Waals surface area contributed by atoms with E-state index >= 15 is 0 Å². The first-order valence-electron chi connectivity index (χ1n) is 5.72. The fraction of sp³-hybridized carbons (Fsp3) is 0.0714. The summed E-state index contributed by atoms with van der Waals surface area (Å²) in [4.78, 5) is 4.53. The predicted molar refractivity (Wildman–Crippen MR) is 84.1 cm³/mol. The molecule has 0 atom stereocenters. The minimum absolute atomic E-state index is 0.724. The van der Waals surface area contributed by atoms with Crippen molar-refractivity contribution in [2.75, 3.05) is 5.32 Å². The molecule has 1 N–H and O–H groups in total. The van der Waals surface area contributed by atoms with Crippen LogP contribution in [0.15, 0.2) is 36.4 Å². The molecule has 1 heterocycles. The van der Waals surface area contributed by atoms with Crippen molar-refractivity contribution in [1.29, 1.82) is 0 Å². The van der Waals surface area contributed by atoms with Crippen molar-refractivity contribution in [2.45, 2.75) is 6.92 Å². The number of hydrogen-bond acceptors (Lipinski definition) is 3. The molecule has 5 heteroatoms. The molecular weight excluding hydrogens is 299 g/mol. The lowest BCUT2D eigenvalue weighted by molar-refractivity contribution is 1.40. The van der Waals surface area contributed by atoms with Gasteiger partial charge in [0.05, 0.1) is 10.2 Å². The summed E-state index contributed by atoms with van der Waals surface area (Å²) in [5, 5.41) is 5.61. The van der Waals surface area contributed by atoms with Gasteiger partial charge in [0, 0.05) is 15.7 Å². The number of nitrogens with zero attached hydrogens (tertiary/aromatic N) is 1. The van der Waals surface area contributed by atoms with Crippen molar-refractivity contribution in [3.05, 3.63) is 52.0 Å². The van der Waals surface area contributed by atoms with Gasteiger partial charge in [-0.3, -0.25) is 0 Å². The third-order valence-electron chi connectivity index (χ3n) is 2.86. The Bertz CT molecular complexity index is 752. The monoisotopic (exact) mass is 308 g/mol. The summed E-state index contributed by atoms with van der Waals surface area (Å²) in [5.41, 5.74) is 2.93. The van der Waals surface area contributed by atoms with Crippen LogP contribution in [-0.2, 0) is 0 Å². The first-order valence-corrected chi connectivity index (χ1v) is 7.29. The first-order chi connectivity index (χ1) is 9.13. The van der Waals surface area contributed by atoms with Gasteiger partial charge in [-0.2, -0.15) is 0 Å². The third kappa shape index (κ3) is 2.54. The lowest BCUT2D eigenvalue weighted by Gasteiger charge is -2.07. The highest BCUT2D eigenvalue weighted by Crippen LogP contribution is 2.32. The van der Waals surface area contributed by atoms with Crippen molar-refractivity contribution in [3.8, 4) is 0 Å². The normalized spacial score (nSPS) is 10.9. The van der Waals surface area contributed by atoms with Crippen LogP contribution in [0.1, 0.15) is 5.56 Å². The molecule has 0 aliphatic carbocycles. The molecule has 0 fully saturated rings. The molecule has 2 nitrogen and oxygen atoms in total. The minimum atomic E-state index is 0.724. The number of nitrogens with one attached hydrogen (secondary N) is 1. The highest BCUT2D eigenvalue weighted by Gasteiger charge is 2.07. The summed E-state index contributed by atoms with van der Waals surface area (Å²) in [6.45, 7) is 1.98. The molecule has 1 aromatic heterocycles. The molecule has 0 aliphatic heterocycles. The average molecular weight is 309 g/mol. The van der Waals surface area contributed by atoms with Gasteiger partial charge in [-0.25, -0.2) is 4.98 Å². The lowest BCUT2D eigenvalue weighted by atomic mass is 10.2. The molecular formula is C14H10Cl2N2S. The molecule has 3 aromatic rings. The van der Waals surface area contributed by atoms with Crippen molar-refractivity contribution >= 4 is 55.6 Å². The Balaban J connectivity index is 1.99. The third-order valence-corrected chi connectivity index (χ3v) is 4.44. The first kappa shape index (κ1) is 12.7. The van der Waals surface area contributed by atoms with Gasteiger partial charge in [0.15, 0.2) is 5.13 Å². The summed E-state index contributed by atoms with van der Waals surface area (Å²) in [6, 6.07) is 11.5. The maximum Gasteiger partial charge on any atom is 0.188 e. The number of fused-ring (bicyclic) bond motifs is 1. The van der Waals surface area contributed by atoms with Gasteiger partial charge in [0.2, 0.25) is 0 Å². The Morgan fingerprint density at radius 2 is 2.00 bits per heavy atom. The highest BCUT2D eigenvalue weighted by molar-refractivity contribution is 7.22. The molecule has 96 valence electrons. The molecule has 3 rings (SSSR count). The van der Waals surface area contributed by atoms with Crippen molar-refractivity contribution in [3.63, 3.8) is 0 Å². The average Bonchev–Trinajstić information content (AvgIpc) is 2.76. The van der Waals surface area contributed by atoms with E-state index in [1.807, 2.05) is 43.3 Å². The number of rotatable bonds is 2. The molecule has 0 aliphatic rings. The number of anilines is 2.